The van der Waals surface area contributed by atoms with Gasteiger partial charge in [-0.05, 0) is 67.8 Å². The van der Waals surface area contributed by atoms with E-state index in [0.717, 1.165) is 18.4 Å². The molecule has 10 nitrogen and oxygen atoms in total. The van der Waals surface area contributed by atoms with E-state index in [1.165, 1.54) is 0 Å². The molecular formula is C28H39NO9S. The number of carbonyl (C=O) groups is 5. The van der Waals surface area contributed by atoms with Gasteiger partial charge in [-0.25, -0.2) is 4.79 Å². The number of aliphatic carboxylic acids is 1. The number of hydrogen-bond donors (Lipinski definition) is 5. The predicted octanol–water partition coefficient (Wildman–Crippen LogP) is 1.61. The number of thiol groups is 1. The third-order valence-corrected chi connectivity index (χ3v) is 10.6. The Morgan fingerprint density at radius 2 is 1.87 bits per heavy atom. The Kier molecular flexibility index (Phi) is 8.36. The number of esters is 1. The van der Waals surface area contributed by atoms with Crippen LogP contribution in [0.3, 0.4) is 0 Å². The van der Waals surface area contributed by atoms with E-state index in [9.17, 15) is 34.2 Å². The van der Waals surface area contributed by atoms with Crippen LogP contribution in [0.1, 0.15) is 71.6 Å². The minimum absolute atomic E-state index is 0.00395. The highest BCUT2D eigenvalue weighted by atomic mass is 32.1. The molecule has 0 bridgehead atoms. The van der Waals surface area contributed by atoms with Crippen LogP contribution in [0.25, 0.3) is 0 Å². The zero-order chi connectivity index (χ0) is 28.8. The normalized spacial score (nSPS) is 38.0. The van der Waals surface area contributed by atoms with Gasteiger partial charge in [0.05, 0.1) is 12.5 Å². The molecule has 0 saturated heterocycles. The molecule has 4 rings (SSSR count). The van der Waals surface area contributed by atoms with Crippen LogP contribution in [0.2, 0.25) is 0 Å². The van der Waals surface area contributed by atoms with Crippen LogP contribution in [-0.4, -0.2) is 74.8 Å². The maximum atomic E-state index is 13.3. The zero-order valence-corrected chi connectivity index (χ0v) is 23.4. The average molecular weight is 566 g/mol. The summed E-state index contributed by atoms with van der Waals surface area (Å²) >= 11 is 3.86. The SMILES string of the molecule is C[C@]12C[C@@H](O)[C@@H]3[C@H](CCC4=CC(=O)CC[C@]43C)[C@@H]1CC[C@@]2(O)C(=O)COC(=O)CCC(=O)N[C@H](CS)C(=O)O. The van der Waals surface area contributed by atoms with Gasteiger partial charge in [0.25, 0.3) is 0 Å². The van der Waals surface area contributed by atoms with E-state index >= 15 is 0 Å². The average Bonchev–Trinajstić information content (AvgIpc) is 3.15. The minimum Gasteiger partial charge on any atom is -0.480 e. The van der Waals surface area contributed by atoms with Crippen LogP contribution in [0.4, 0.5) is 0 Å². The number of ether oxygens (including phenoxy) is 1. The number of carbonyl (C=O) groups excluding carboxylic acids is 4. The number of rotatable bonds is 9. The molecule has 0 aliphatic heterocycles. The van der Waals surface area contributed by atoms with E-state index in [1.807, 2.05) is 6.92 Å². The van der Waals surface area contributed by atoms with Crippen LogP contribution in [0, 0.1) is 28.6 Å². The van der Waals surface area contributed by atoms with Crippen molar-refractivity contribution in [2.45, 2.75) is 89.4 Å². The van der Waals surface area contributed by atoms with Gasteiger partial charge >= 0.3 is 11.9 Å². The molecule has 0 aromatic carbocycles. The van der Waals surface area contributed by atoms with Crippen LogP contribution < -0.4 is 5.32 Å². The number of aliphatic hydroxyl groups is 2. The topological polar surface area (TPSA) is 167 Å². The summed E-state index contributed by atoms with van der Waals surface area (Å²) < 4.78 is 5.10. The summed E-state index contributed by atoms with van der Waals surface area (Å²) in [5, 5.41) is 34.4. The van der Waals surface area contributed by atoms with Crippen molar-refractivity contribution in [1.29, 1.82) is 0 Å². The Hall–Kier alpha value is -2.24. The van der Waals surface area contributed by atoms with Crippen LogP contribution >= 0.6 is 12.6 Å². The molecule has 0 heterocycles. The van der Waals surface area contributed by atoms with Gasteiger partial charge in [0.1, 0.15) is 11.6 Å². The highest BCUT2D eigenvalue weighted by Crippen LogP contribution is 2.67. The van der Waals surface area contributed by atoms with Crippen LogP contribution in [-0.2, 0) is 28.7 Å². The molecule has 0 aromatic rings. The predicted molar refractivity (Wildman–Crippen MR) is 142 cm³/mol. The van der Waals surface area contributed by atoms with Gasteiger partial charge in [-0.1, -0.05) is 19.4 Å². The molecular weight excluding hydrogens is 526 g/mol. The molecule has 39 heavy (non-hydrogen) atoms. The highest BCUT2D eigenvalue weighted by Gasteiger charge is 2.68. The quantitative estimate of drug-likeness (QED) is 0.206. The summed E-state index contributed by atoms with van der Waals surface area (Å²) in [5.41, 5.74) is -1.82. The maximum Gasteiger partial charge on any atom is 0.327 e. The number of fused-ring (bicyclic) bond motifs is 5. The van der Waals surface area contributed by atoms with E-state index in [-0.39, 0.29) is 60.4 Å². The first-order valence-corrected chi connectivity index (χ1v) is 14.4. The number of ketones is 2. The maximum absolute atomic E-state index is 13.3. The second-order valence-electron chi connectivity index (χ2n) is 12.2. The lowest BCUT2D eigenvalue weighted by molar-refractivity contribution is -0.184. The minimum atomic E-state index is -1.76. The summed E-state index contributed by atoms with van der Waals surface area (Å²) in [4.78, 5) is 60.5. The molecule has 216 valence electrons. The lowest BCUT2D eigenvalue weighted by Gasteiger charge is -2.60. The molecule has 1 amide bonds. The fourth-order valence-corrected chi connectivity index (χ4v) is 8.40. The van der Waals surface area contributed by atoms with Crippen LogP contribution in [0.15, 0.2) is 11.6 Å². The largest absolute Gasteiger partial charge is 0.480 e. The second-order valence-corrected chi connectivity index (χ2v) is 12.6. The number of amides is 1. The molecule has 4 aliphatic carbocycles. The molecule has 4 N–H and O–H groups in total. The van der Waals surface area contributed by atoms with Crippen molar-refractivity contribution >= 4 is 42.0 Å². The number of carboxylic acids is 1. The smallest absolute Gasteiger partial charge is 0.327 e. The third kappa shape index (κ3) is 5.17. The number of Topliss-reactive ketones (excluding diaryl/α,β-unsaturated/α-hetero) is 1. The standard InChI is InChI=1S/C28H39NO9S/c1-26-9-7-16(30)11-15(26)3-4-17-18-8-10-28(37,27(18,2)12-20(31)24(17)26)21(32)13-38-23(34)6-5-22(33)29-19(14-39)25(35)36/h11,17-20,24,31,37,39H,3-10,12-14H2,1-2H3,(H,29,33)(H,35,36)/t17-,18+,19-,20-,24+,26-,27+,28-/m1/s1. The van der Waals surface area contributed by atoms with Crippen molar-refractivity contribution in [2.24, 2.45) is 28.6 Å². The first-order valence-electron chi connectivity index (χ1n) is 13.7. The van der Waals surface area contributed by atoms with Gasteiger partial charge in [0.2, 0.25) is 11.7 Å². The van der Waals surface area contributed by atoms with E-state index < -0.39 is 53.4 Å². The summed E-state index contributed by atoms with van der Waals surface area (Å²) in [6.45, 7) is 3.34. The fraction of sp³-hybridized carbons (Fsp3) is 0.750. The van der Waals surface area contributed by atoms with E-state index in [2.05, 4.69) is 24.9 Å². The van der Waals surface area contributed by atoms with Crippen molar-refractivity contribution in [3.8, 4) is 0 Å². The number of nitrogens with one attached hydrogen (secondary N) is 1. The summed E-state index contributed by atoms with van der Waals surface area (Å²) in [6.07, 6.45) is 4.12. The summed E-state index contributed by atoms with van der Waals surface area (Å²) in [5.74, 6) is -3.24. The number of allylic oxidation sites excluding steroid dienone is 1. The molecule has 0 spiro atoms. The number of hydrogen-bond acceptors (Lipinski definition) is 9. The number of aliphatic hydroxyl groups excluding tert-OH is 1. The van der Waals surface area contributed by atoms with Crippen molar-refractivity contribution < 1.29 is 44.0 Å². The zero-order valence-electron chi connectivity index (χ0n) is 22.5. The molecule has 3 saturated carbocycles. The first kappa shape index (κ1) is 29.7. The van der Waals surface area contributed by atoms with Gasteiger partial charge in [-0.15, -0.1) is 0 Å². The van der Waals surface area contributed by atoms with Crippen molar-refractivity contribution in [3.05, 3.63) is 11.6 Å². The highest BCUT2D eigenvalue weighted by molar-refractivity contribution is 7.80. The van der Waals surface area contributed by atoms with Crippen molar-refractivity contribution in [1.82, 2.24) is 5.32 Å². The van der Waals surface area contributed by atoms with Gasteiger partial charge in [0.15, 0.2) is 12.4 Å². The monoisotopic (exact) mass is 565 g/mol. The van der Waals surface area contributed by atoms with Crippen molar-refractivity contribution in [3.63, 3.8) is 0 Å². The molecule has 0 unspecified atom stereocenters. The Balaban J connectivity index is 1.39. The fourth-order valence-electron chi connectivity index (χ4n) is 8.16. The van der Waals surface area contributed by atoms with E-state index in [1.54, 1.807) is 6.08 Å². The summed E-state index contributed by atoms with van der Waals surface area (Å²) in [6, 6.07) is -1.18. The molecule has 0 aromatic heterocycles. The van der Waals surface area contributed by atoms with E-state index in [4.69, 9.17) is 9.84 Å². The van der Waals surface area contributed by atoms with Crippen molar-refractivity contribution in [2.75, 3.05) is 12.4 Å². The molecule has 11 heteroatoms. The first-order chi connectivity index (χ1) is 18.3. The van der Waals surface area contributed by atoms with Gasteiger partial charge in [-0.2, -0.15) is 12.6 Å². The lowest BCUT2D eigenvalue weighted by Crippen LogP contribution is -2.62. The summed E-state index contributed by atoms with van der Waals surface area (Å²) in [7, 11) is 0. The van der Waals surface area contributed by atoms with Gasteiger partial charge < -0.3 is 25.4 Å². The Morgan fingerprint density at radius 3 is 2.54 bits per heavy atom. The van der Waals surface area contributed by atoms with Gasteiger partial charge in [0, 0.05) is 24.0 Å². The molecule has 4 aliphatic rings. The molecule has 3 fully saturated rings. The Morgan fingerprint density at radius 1 is 1.15 bits per heavy atom. The molecule has 0 radical (unpaired) electrons. The number of carboxylic acid groups (broad SMARTS) is 1. The lowest BCUT2D eigenvalue weighted by atomic mass is 9.45. The second kappa shape index (κ2) is 11.0. The Labute approximate surface area is 233 Å². The molecule has 8 atom stereocenters. The third-order valence-electron chi connectivity index (χ3n) is 10.2. The van der Waals surface area contributed by atoms with E-state index in [0.29, 0.717) is 19.3 Å². The van der Waals surface area contributed by atoms with Crippen LogP contribution in [0.5, 0.6) is 0 Å². The Bertz CT molecular complexity index is 1090. The van der Waals surface area contributed by atoms with Gasteiger partial charge in [-0.3, -0.25) is 19.2 Å².